The topological polar surface area (TPSA) is 29.3 Å². The number of hydrogen-bond acceptors (Lipinski definition) is 2. The van der Waals surface area contributed by atoms with Crippen molar-refractivity contribution in [2.75, 3.05) is 5.32 Å². The Morgan fingerprint density at radius 3 is 2.56 bits per heavy atom. The van der Waals surface area contributed by atoms with Gasteiger partial charge in [0.25, 0.3) is 0 Å². The number of imidazole rings is 1. The van der Waals surface area contributed by atoms with E-state index in [0.29, 0.717) is 0 Å². The third kappa shape index (κ3) is 1.84. The average Bonchev–Trinajstić information content (AvgIpc) is 2.67. The molecule has 0 aliphatic carbocycles. The van der Waals surface area contributed by atoms with Crippen molar-refractivity contribution in [2.24, 2.45) is 0 Å². The van der Waals surface area contributed by atoms with Gasteiger partial charge in [-0.1, -0.05) is 24.3 Å². The van der Waals surface area contributed by atoms with Crippen molar-refractivity contribution in [3.05, 3.63) is 59.9 Å². The first-order valence-electron chi connectivity index (χ1n) is 6.01. The number of para-hydroxylation sites is 1. The molecule has 0 bridgehead atoms. The predicted molar refractivity (Wildman–Crippen MR) is 74.4 cm³/mol. The molecule has 0 saturated carbocycles. The monoisotopic (exact) mass is 237 g/mol. The Kier molecular flexibility index (Phi) is 2.52. The Hall–Kier alpha value is -2.29. The molecule has 3 heteroatoms. The first kappa shape index (κ1) is 10.8. The highest BCUT2D eigenvalue weighted by atomic mass is 15.1. The van der Waals surface area contributed by atoms with Crippen LogP contribution in [-0.4, -0.2) is 9.38 Å². The summed E-state index contributed by atoms with van der Waals surface area (Å²) in [5.41, 5.74) is 4.26. The summed E-state index contributed by atoms with van der Waals surface area (Å²) >= 11 is 0. The van der Waals surface area contributed by atoms with E-state index in [1.165, 1.54) is 5.56 Å². The number of pyridine rings is 1. The zero-order valence-electron chi connectivity index (χ0n) is 10.5. The van der Waals surface area contributed by atoms with Gasteiger partial charge in [0.1, 0.15) is 11.5 Å². The molecular weight excluding hydrogens is 222 g/mol. The molecule has 0 aliphatic heterocycles. The fraction of sp³-hybridized carbons (Fsp3) is 0.133. The average molecular weight is 237 g/mol. The molecule has 0 atom stereocenters. The number of fused-ring (bicyclic) bond motifs is 1. The Bertz CT molecular complexity index is 684. The second kappa shape index (κ2) is 4.18. The summed E-state index contributed by atoms with van der Waals surface area (Å²) in [6.45, 7) is 4.11. The Morgan fingerprint density at radius 1 is 1.00 bits per heavy atom. The van der Waals surface area contributed by atoms with Crippen molar-refractivity contribution in [1.82, 2.24) is 9.38 Å². The summed E-state index contributed by atoms with van der Waals surface area (Å²) in [4.78, 5) is 4.55. The number of anilines is 2. The first-order valence-corrected chi connectivity index (χ1v) is 6.01. The highest BCUT2D eigenvalue weighted by Gasteiger charge is 2.08. The second-order valence-electron chi connectivity index (χ2n) is 4.47. The van der Waals surface area contributed by atoms with E-state index in [9.17, 15) is 0 Å². The van der Waals surface area contributed by atoms with Crippen molar-refractivity contribution in [1.29, 1.82) is 0 Å². The van der Waals surface area contributed by atoms with Crippen LogP contribution in [0.25, 0.3) is 5.65 Å². The Labute approximate surface area is 106 Å². The van der Waals surface area contributed by atoms with Crippen LogP contribution in [0.5, 0.6) is 0 Å². The maximum atomic E-state index is 4.55. The zero-order valence-corrected chi connectivity index (χ0v) is 10.5. The van der Waals surface area contributed by atoms with Crippen LogP contribution < -0.4 is 5.32 Å². The largest absolute Gasteiger partial charge is 0.340 e. The molecule has 0 unspecified atom stereocenters. The summed E-state index contributed by atoms with van der Waals surface area (Å²) in [5, 5.41) is 3.42. The fourth-order valence-electron chi connectivity index (χ4n) is 2.08. The molecule has 3 rings (SSSR count). The quantitative estimate of drug-likeness (QED) is 0.736. The third-order valence-electron chi connectivity index (χ3n) is 2.98. The van der Waals surface area contributed by atoms with Gasteiger partial charge in [0.05, 0.1) is 5.69 Å². The standard InChI is InChI=1S/C15H15N3/c1-11-8-9-14-16-12(2)15(18(14)10-11)17-13-6-4-3-5-7-13/h3-10,17H,1-2H3. The van der Waals surface area contributed by atoms with Crippen LogP contribution in [0.3, 0.4) is 0 Å². The normalized spacial score (nSPS) is 10.8. The number of rotatable bonds is 2. The molecule has 0 spiro atoms. The molecule has 1 N–H and O–H groups in total. The second-order valence-corrected chi connectivity index (χ2v) is 4.47. The molecule has 0 aliphatic rings. The lowest BCUT2D eigenvalue weighted by Crippen LogP contribution is -1.96. The van der Waals surface area contributed by atoms with E-state index >= 15 is 0 Å². The van der Waals surface area contributed by atoms with Crippen LogP contribution in [0, 0.1) is 13.8 Å². The van der Waals surface area contributed by atoms with Crippen molar-refractivity contribution in [2.45, 2.75) is 13.8 Å². The van der Waals surface area contributed by atoms with Gasteiger partial charge >= 0.3 is 0 Å². The Morgan fingerprint density at radius 2 is 1.78 bits per heavy atom. The van der Waals surface area contributed by atoms with Gasteiger partial charge in [0.15, 0.2) is 0 Å². The Balaban J connectivity index is 2.11. The first-order chi connectivity index (χ1) is 8.74. The molecule has 0 radical (unpaired) electrons. The molecule has 1 aromatic carbocycles. The highest BCUT2D eigenvalue weighted by Crippen LogP contribution is 2.22. The summed E-state index contributed by atoms with van der Waals surface area (Å²) in [6.07, 6.45) is 2.10. The van der Waals surface area contributed by atoms with Crippen molar-refractivity contribution in [3.63, 3.8) is 0 Å². The van der Waals surface area contributed by atoms with E-state index in [4.69, 9.17) is 0 Å². The number of aryl methyl sites for hydroxylation is 2. The summed E-state index contributed by atoms with van der Waals surface area (Å²) in [5.74, 6) is 1.03. The number of hydrogen-bond donors (Lipinski definition) is 1. The van der Waals surface area contributed by atoms with Gasteiger partial charge in [-0.2, -0.15) is 0 Å². The van der Waals surface area contributed by atoms with Gasteiger partial charge in [0.2, 0.25) is 0 Å². The van der Waals surface area contributed by atoms with Crippen molar-refractivity contribution < 1.29 is 0 Å². The van der Waals surface area contributed by atoms with E-state index in [1.54, 1.807) is 0 Å². The fourth-order valence-corrected chi connectivity index (χ4v) is 2.08. The van der Waals surface area contributed by atoms with Crippen LogP contribution >= 0.6 is 0 Å². The highest BCUT2D eigenvalue weighted by molar-refractivity contribution is 5.63. The lowest BCUT2D eigenvalue weighted by Gasteiger charge is -2.07. The maximum Gasteiger partial charge on any atom is 0.138 e. The van der Waals surface area contributed by atoms with Gasteiger partial charge in [-0.15, -0.1) is 0 Å². The summed E-state index contributed by atoms with van der Waals surface area (Å²) in [6, 6.07) is 14.3. The molecule has 0 fully saturated rings. The van der Waals surface area contributed by atoms with Crippen LogP contribution in [0.2, 0.25) is 0 Å². The molecule has 90 valence electrons. The number of nitrogens with one attached hydrogen (secondary N) is 1. The predicted octanol–water partition coefficient (Wildman–Crippen LogP) is 3.69. The molecule has 0 saturated heterocycles. The van der Waals surface area contributed by atoms with E-state index in [0.717, 1.165) is 22.8 Å². The number of benzene rings is 1. The summed E-state index contributed by atoms with van der Waals surface area (Å²) in [7, 11) is 0. The maximum absolute atomic E-state index is 4.55. The van der Waals surface area contributed by atoms with Gasteiger partial charge in [-0.25, -0.2) is 4.98 Å². The lowest BCUT2D eigenvalue weighted by molar-refractivity contribution is 1.15. The lowest BCUT2D eigenvalue weighted by atomic mass is 10.3. The smallest absolute Gasteiger partial charge is 0.138 e. The molecule has 2 heterocycles. The SMILES string of the molecule is Cc1ccc2nc(C)c(Nc3ccccc3)n2c1. The van der Waals surface area contributed by atoms with Crippen LogP contribution in [0.15, 0.2) is 48.7 Å². The van der Waals surface area contributed by atoms with Gasteiger partial charge < -0.3 is 5.32 Å². The molecule has 0 amide bonds. The molecular formula is C15H15N3. The number of aromatic nitrogens is 2. The van der Waals surface area contributed by atoms with E-state index in [1.807, 2.05) is 31.2 Å². The van der Waals surface area contributed by atoms with Crippen molar-refractivity contribution in [3.8, 4) is 0 Å². The van der Waals surface area contributed by atoms with Crippen LogP contribution in [0.4, 0.5) is 11.5 Å². The van der Waals surface area contributed by atoms with Gasteiger partial charge in [0, 0.05) is 11.9 Å². The van der Waals surface area contributed by atoms with Gasteiger partial charge in [-0.3, -0.25) is 4.40 Å². The minimum absolute atomic E-state index is 0.969. The van der Waals surface area contributed by atoms with Crippen molar-refractivity contribution >= 4 is 17.2 Å². The van der Waals surface area contributed by atoms with Crippen LogP contribution in [0.1, 0.15) is 11.3 Å². The molecule has 2 aromatic heterocycles. The zero-order chi connectivity index (χ0) is 12.5. The molecule has 3 nitrogen and oxygen atoms in total. The van der Waals surface area contributed by atoms with E-state index < -0.39 is 0 Å². The summed E-state index contributed by atoms with van der Waals surface area (Å²) < 4.78 is 2.09. The molecule has 3 aromatic rings. The molecule has 18 heavy (non-hydrogen) atoms. The third-order valence-corrected chi connectivity index (χ3v) is 2.98. The van der Waals surface area contributed by atoms with Gasteiger partial charge in [-0.05, 0) is 37.6 Å². The minimum Gasteiger partial charge on any atom is -0.340 e. The van der Waals surface area contributed by atoms with E-state index in [2.05, 4.69) is 46.0 Å². The number of nitrogens with zero attached hydrogens (tertiary/aromatic N) is 2. The van der Waals surface area contributed by atoms with E-state index in [-0.39, 0.29) is 0 Å². The minimum atomic E-state index is 0.969. The van der Waals surface area contributed by atoms with Crippen LogP contribution in [-0.2, 0) is 0 Å².